The molecule has 12 heteroatoms. The topological polar surface area (TPSA) is 115 Å². The number of fused-ring (bicyclic) bond motifs is 1. The van der Waals surface area contributed by atoms with E-state index >= 15 is 0 Å². The highest BCUT2D eigenvalue weighted by Crippen LogP contribution is 2.49. The van der Waals surface area contributed by atoms with Gasteiger partial charge in [0.15, 0.2) is 5.60 Å². The fraction of sp³-hybridized carbons (Fsp3) is 0.297. The van der Waals surface area contributed by atoms with Crippen LogP contribution in [-0.4, -0.2) is 59.8 Å². The lowest BCUT2D eigenvalue weighted by molar-refractivity contribution is -0.137. The summed E-state index contributed by atoms with van der Waals surface area (Å²) in [5, 5.41) is 4.56. The van der Waals surface area contributed by atoms with Gasteiger partial charge < -0.3 is 38.3 Å². The maximum absolute atomic E-state index is 13.5. The molecule has 1 aliphatic rings. The molecule has 1 fully saturated rings. The number of nitrogens with one attached hydrogen (secondary N) is 1. The maximum Gasteiger partial charge on any atom is 0.508 e. The molecule has 8 aromatic rings. The van der Waals surface area contributed by atoms with Crippen LogP contribution in [0.3, 0.4) is 0 Å². The van der Waals surface area contributed by atoms with E-state index in [2.05, 4.69) is 42.4 Å². The van der Waals surface area contributed by atoms with E-state index in [0.29, 0.717) is 22.6 Å². The molecule has 6 aromatic carbocycles. The minimum Gasteiger partial charge on any atom is -0.497 e. The van der Waals surface area contributed by atoms with Crippen molar-refractivity contribution in [1.82, 2.24) is 14.5 Å². The zero-order valence-corrected chi connectivity index (χ0v) is 44.2. The van der Waals surface area contributed by atoms with Crippen LogP contribution in [-0.2, 0) is 30.1 Å². The van der Waals surface area contributed by atoms with Crippen molar-refractivity contribution < 1.29 is 33.2 Å². The molecule has 2 aromatic heterocycles. The summed E-state index contributed by atoms with van der Waals surface area (Å²) in [6.45, 7) is 2.07. The predicted octanol–water partition coefficient (Wildman–Crippen LogP) is 14.5. The maximum atomic E-state index is 13.5. The number of carbonyl (C=O) groups excluding carboxylic acids is 1. The normalized spacial score (nSPS) is 16.5. The molecular formula is C64H65ClN4O7. The van der Waals surface area contributed by atoms with Gasteiger partial charge in [-0.05, 0) is 81.7 Å². The third-order valence-corrected chi connectivity index (χ3v) is 14.6. The summed E-state index contributed by atoms with van der Waals surface area (Å²) < 4.78 is 39.6. The van der Waals surface area contributed by atoms with Gasteiger partial charge in [-0.1, -0.05) is 203 Å². The Kier molecular flexibility index (Phi) is 17.4. The van der Waals surface area contributed by atoms with Crippen molar-refractivity contribution in [3.63, 3.8) is 0 Å². The second-order valence-corrected chi connectivity index (χ2v) is 19.4. The lowest BCUT2D eigenvalue weighted by atomic mass is 9.77. The van der Waals surface area contributed by atoms with Gasteiger partial charge in [0, 0.05) is 12.6 Å². The molecule has 1 saturated heterocycles. The third-order valence-electron chi connectivity index (χ3n) is 14.4. The van der Waals surface area contributed by atoms with Gasteiger partial charge in [0.1, 0.15) is 53.0 Å². The van der Waals surface area contributed by atoms with E-state index < -0.39 is 35.2 Å². The molecule has 0 spiro atoms. The van der Waals surface area contributed by atoms with Crippen LogP contribution in [0.25, 0.3) is 11.0 Å². The summed E-state index contributed by atoms with van der Waals surface area (Å²) in [5.41, 5.74) is 1.91. The quantitative estimate of drug-likeness (QED) is 0.0206. The number of benzene rings is 6. The first-order valence-corrected chi connectivity index (χ1v) is 26.6. The lowest BCUT2D eigenvalue weighted by Crippen LogP contribution is -2.49. The van der Waals surface area contributed by atoms with Crippen molar-refractivity contribution in [1.29, 1.82) is 0 Å². The number of hydrogen-bond acceptors (Lipinski definition) is 10. The van der Waals surface area contributed by atoms with Crippen LogP contribution in [0.5, 0.6) is 11.5 Å². The summed E-state index contributed by atoms with van der Waals surface area (Å²) in [7, 11) is 3.29. The van der Waals surface area contributed by atoms with Crippen LogP contribution in [0, 0.1) is 12.3 Å². The second-order valence-electron chi connectivity index (χ2n) is 19.1. The Bertz CT molecular complexity index is 3070. The smallest absolute Gasteiger partial charge is 0.497 e. The van der Waals surface area contributed by atoms with Gasteiger partial charge in [-0.25, -0.2) is 9.78 Å². The average Bonchev–Trinajstić information content (AvgIpc) is 4.11. The van der Waals surface area contributed by atoms with Crippen molar-refractivity contribution in [3.05, 3.63) is 221 Å². The van der Waals surface area contributed by atoms with Crippen LogP contribution in [0.15, 0.2) is 182 Å². The van der Waals surface area contributed by atoms with Crippen LogP contribution < -0.4 is 14.8 Å². The van der Waals surface area contributed by atoms with Gasteiger partial charge in [0.2, 0.25) is 5.28 Å². The van der Waals surface area contributed by atoms with E-state index in [-0.39, 0.29) is 24.9 Å². The monoisotopic (exact) mass is 1040 g/mol. The predicted molar refractivity (Wildman–Crippen MR) is 299 cm³/mol. The number of anilines is 1. The molecule has 0 aliphatic carbocycles. The molecule has 0 amide bonds. The molecule has 390 valence electrons. The number of carbonyl (C=O) groups is 1. The van der Waals surface area contributed by atoms with Gasteiger partial charge >= 0.3 is 6.16 Å². The molecule has 3 heterocycles. The number of halogens is 1. The Labute approximate surface area is 451 Å². The molecular weight excluding hydrogens is 972 g/mol. The number of rotatable bonds is 24. The van der Waals surface area contributed by atoms with E-state index in [1.54, 1.807) is 14.2 Å². The number of methoxy groups -OCH3 is 2. The van der Waals surface area contributed by atoms with Gasteiger partial charge in [0.05, 0.1) is 26.2 Å². The summed E-state index contributed by atoms with van der Waals surface area (Å²) in [5.74, 6) is 4.82. The minimum atomic E-state index is -1.65. The van der Waals surface area contributed by atoms with Gasteiger partial charge in [-0.15, -0.1) is 6.42 Å². The van der Waals surface area contributed by atoms with E-state index in [1.165, 1.54) is 25.7 Å². The van der Waals surface area contributed by atoms with Crippen LogP contribution in [0.2, 0.25) is 5.28 Å². The Morgan fingerprint density at radius 3 is 1.68 bits per heavy atom. The number of nitrogens with zero attached hydrogens (tertiary/aromatic N) is 3. The Morgan fingerprint density at radius 2 is 1.16 bits per heavy atom. The number of unbranched alkanes of at least 4 members (excludes halogenated alkanes) is 7. The highest BCUT2D eigenvalue weighted by Gasteiger charge is 2.55. The molecule has 1 aliphatic heterocycles. The first-order valence-electron chi connectivity index (χ1n) is 26.2. The number of ether oxygens (including phenoxy) is 6. The number of aromatic nitrogens is 3. The summed E-state index contributed by atoms with van der Waals surface area (Å²) in [4.78, 5) is 23.3. The summed E-state index contributed by atoms with van der Waals surface area (Å²) in [6, 6.07) is 58.1. The number of hydrogen-bond donors (Lipinski definition) is 1. The van der Waals surface area contributed by atoms with Crippen molar-refractivity contribution >= 4 is 34.6 Å². The Balaban J connectivity index is 1.11. The van der Waals surface area contributed by atoms with E-state index in [0.717, 1.165) is 64.8 Å². The average molecular weight is 1040 g/mol. The largest absolute Gasteiger partial charge is 0.508 e. The SMILES string of the molecule is C#C[C@]1(COC(=O)OCCCCCCCCCC)O[C@@H](n2ccc3c(NC(c4ccccc4)(c4ccccc4)c4ccc(OC)cc4)nc(Cl)nc32)C[C@@H]1OC(c1ccccc1)(c1ccccc1)c1ccc(OC)cc1. The molecule has 0 saturated carbocycles. The second kappa shape index (κ2) is 24.8. The Morgan fingerprint density at radius 1 is 0.671 bits per heavy atom. The molecule has 0 unspecified atom stereocenters. The fourth-order valence-corrected chi connectivity index (χ4v) is 10.6. The highest BCUT2D eigenvalue weighted by atomic mass is 35.5. The molecule has 0 radical (unpaired) electrons. The third kappa shape index (κ3) is 11.3. The van der Waals surface area contributed by atoms with Gasteiger partial charge in [-0.2, -0.15) is 4.98 Å². The van der Waals surface area contributed by atoms with Crippen molar-refractivity contribution in [2.45, 2.75) is 93.8 Å². The first-order chi connectivity index (χ1) is 37.3. The zero-order valence-electron chi connectivity index (χ0n) is 43.4. The van der Waals surface area contributed by atoms with Crippen LogP contribution in [0.4, 0.5) is 10.6 Å². The zero-order chi connectivity index (χ0) is 52.8. The van der Waals surface area contributed by atoms with Crippen LogP contribution in [0.1, 0.15) is 104 Å². The van der Waals surface area contributed by atoms with E-state index in [9.17, 15) is 4.79 Å². The Hall–Kier alpha value is -7.62. The minimum absolute atomic E-state index is 0.00274. The standard InChI is InChI=1S/C64H65ClN4O7/c1-5-7-8-9-10-11-12-25-44-73-61(70)74-46-62(6-2)56(75-64(50-30-21-15-22-31-50,51-32-23-16-24-33-51)52-36-40-54(72-4)41-37-52)45-57(76-62)69-43-42-55-58(66-60(65)67-59(55)69)68-63(47-26-17-13-18-27-47,48-28-19-14-20-29-48)49-34-38-53(71-3)39-35-49/h2,13-24,26-43,56-57H,5,7-12,25,44-46H2,1,3-4H3,(H,66,67,68)/t56-,57+,62+/m0/s1. The molecule has 11 nitrogen and oxygen atoms in total. The summed E-state index contributed by atoms with van der Waals surface area (Å²) >= 11 is 7.00. The van der Waals surface area contributed by atoms with Crippen LogP contribution >= 0.6 is 11.6 Å². The van der Waals surface area contributed by atoms with Gasteiger partial charge in [-0.3, -0.25) is 0 Å². The van der Waals surface area contributed by atoms with E-state index in [4.69, 9.17) is 56.4 Å². The molecule has 9 rings (SSSR count). The molecule has 76 heavy (non-hydrogen) atoms. The van der Waals surface area contributed by atoms with Crippen molar-refractivity contribution in [3.8, 4) is 23.8 Å². The highest BCUT2D eigenvalue weighted by molar-refractivity contribution is 6.28. The van der Waals surface area contributed by atoms with Gasteiger partial charge in [0.25, 0.3) is 0 Å². The summed E-state index contributed by atoms with van der Waals surface area (Å²) in [6.07, 6.45) is 15.0. The van der Waals surface area contributed by atoms with Crippen molar-refractivity contribution in [2.75, 3.05) is 32.8 Å². The number of terminal acetylenes is 1. The van der Waals surface area contributed by atoms with Crippen molar-refractivity contribution in [2.24, 2.45) is 0 Å². The molecule has 3 atom stereocenters. The first kappa shape index (κ1) is 53.2. The van der Waals surface area contributed by atoms with E-state index in [1.807, 2.05) is 162 Å². The molecule has 0 bridgehead atoms. The lowest BCUT2D eigenvalue weighted by Gasteiger charge is -2.41. The fourth-order valence-electron chi connectivity index (χ4n) is 10.5. The molecule has 1 N–H and O–H groups in total.